The largest absolute Gasteiger partial charge is 0.433 e. The van der Waals surface area contributed by atoms with E-state index < -0.39 is 12.7 Å². The molecular formula is C18H24F2N4O4. The Morgan fingerprint density at radius 3 is 2.82 bits per heavy atom. The van der Waals surface area contributed by atoms with E-state index in [2.05, 4.69) is 10.1 Å². The third-order valence-corrected chi connectivity index (χ3v) is 4.86. The molecule has 3 N–H and O–H groups in total. The zero-order valence-electron chi connectivity index (χ0n) is 15.6. The van der Waals surface area contributed by atoms with E-state index in [0.717, 1.165) is 12.8 Å². The second-order valence-electron chi connectivity index (χ2n) is 6.80. The first-order valence-electron chi connectivity index (χ1n) is 9.10. The molecule has 0 radical (unpaired) electrons. The van der Waals surface area contributed by atoms with Crippen molar-refractivity contribution in [3.05, 3.63) is 18.2 Å². The monoisotopic (exact) mass is 398 g/mol. The van der Waals surface area contributed by atoms with E-state index in [0.29, 0.717) is 12.6 Å². The number of benzene rings is 1. The van der Waals surface area contributed by atoms with E-state index in [-0.39, 0.29) is 48.6 Å². The van der Waals surface area contributed by atoms with Gasteiger partial charge in [-0.1, -0.05) is 0 Å². The Bertz CT molecular complexity index is 730. The number of nitrogens with zero attached hydrogens (tertiary/aromatic N) is 2. The molecule has 10 heteroatoms. The number of morpholine rings is 1. The summed E-state index contributed by atoms with van der Waals surface area (Å²) in [6.07, 6.45) is 2.05. The van der Waals surface area contributed by atoms with Gasteiger partial charge in [-0.15, -0.1) is 0 Å². The molecule has 1 aromatic carbocycles. The zero-order chi connectivity index (χ0) is 20.3. The second kappa shape index (κ2) is 8.80. The van der Waals surface area contributed by atoms with Crippen LogP contribution in [-0.4, -0.2) is 68.8 Å². The van der Waals surface area contributed by atoms with Crippen LogP contribution in [0.25, 0.3) is 0 Å². The molecule has 1 saturated heterocycles. The Morgan fingerprint density at radius 2 is 2.21 bits per heavy atom. The van der Waals surface area contributed by atoms with Gasteiger partial charge < -0.3 is 25.4 Å². The van der Waals surface area contributed by atoms with Crippen LogP contribution in [0.4, 0.5) is 20.2 Å². The van der Waals surface area contributed by atoms with Gasteiger partial charge in [-0.05, 0) is 32.0 Å². The number of ether oxygens (including phenoxy) is 2. The van der Waals surface area contributed by atoms with Gasteiger partial charge in [0.1, 0.15) is 12.6 Å². The maximum atomic E-state index is 12.9. The maximum absolute atomic E-state index is 12.9. The van der Waals surface area contributed by atoms with E-state index in [9.17, 15) is 18.4 Å². The molecule has 1 aromatic rings. The van der Waals surface area contributed by atoms with Gasteiger partial charge in [-0.2, -0.15) is 8.78 Å². The summed E-state index contributed by atoms with van der Waals surface area (Å²) in [7, 11) is 1.84. The van der Waals surface area contributed by atoms with Crippen molar-refractivity contribution in [2.75, 3.05) is 43.6 Å². The molecule has 2 aliphatic rings. The second-order valence-corrected chi connectivity index (χ2v) is 6.80. The minimum Gasteiger partial charge on any atom is -0.433 e. The minimum absolute atomic E-state index is 0.127. The number of alkyl halides is 2. The van der Waals surface area contributed by atoms with E-state index in [1.165, 1.54) is 17.0 Å². The molecule has 1 aliphatic heterocycles. The van der Waals surface area contributed by atoms with Crippen molar-refractivity contribution in [2.24, 2.45) is 5.73 Å². The Hall–Kier alpha value is -2.30. The molecule has 0 bridgehead atoms. The normalized spacial score (nSPS) is 18.5. The summed E-state index contributed by atoms with van der Waals surface area (Å²) in [5.41, 5.74) is 6.23. The first-order chi connectivity index (χ1) is 13.4. The Morgan fingerprint density at radius 1 is 1.46 bits per heavy atom. The number of anilines is 2. The Labute approximate surface area is 161 Å². The number of carbonyl (C=O) groups excluding carboxylic acids is 2. The lowest BCUT2D eigenvalue weighted by Gasteiger charge is -2.29. The lowest BCUT2D eigenvalue weighted by molar-refractivity contribution is -0.126. The molecule has 1 saturated carbocycles. The van der Waals surface area contributed by atoms with Crippen LogP contribution >= 0.6 is 0 Å². The number of nitrogens with one attached hydrogen (secondary N) is 1. The number of amides is 2. The third kappa shape index (κ3) is 4.75. The molecule has 154 valence electrons. The van der Waals surface area contributed by atoms with E-state index in [4.69, 9.17) is 10.5 Å². The van der Waals surface area contributed by atoms with Crippen LogP contribution in [0.3, 0.4) is 0 Å². The van der Waals surface area contributed by atoms with Crippen molar-refractivity contribution in [3.63, 3.8) is 0 Å². The highest BCUT2D eigenvalue weighted by Gasteiger charge is 2.34. The minimum atomic E-state index is -3.07. The van der Waals surface area contributed by atoms with Gasteiger partial charge in [-0.25, -0.2) is 0 Å². The Kier molecular flexibility index (Phi) is 6.42. The van der Waals surface area contributed by atoms with Crippen LogP contribution < -0.4 is 20.7 Å². The highest BCUT2D eigenvalue weighted by atomic mass is 19.3. The highest BCUT2D eigenvalue weighted by Crippen LogP contribution is 2.34. The predicted octanol–water partition coefficient (Wildman–Crippen LogP) is 1.01. The van der Waals surface area contributed by atoms with Crippen molar-refractivity contribution < 1.29 is 27.8 Å². The molecule has 3 rings (SSSR count). The fourth-order valence-electron chi connectivity index (χ4n) is 3.20. The number of likely N-dealkylation sites (N-methyl/N-ethyl adjacent to an activating group) is 1. The molecule has 2 amide bonds. The number of rotatable bonds is 8. The summed E-state index contributed by atoms with van der Waals surface area (Å²) in [4.78, 5) is 27.9. The fraction of sp³-hybridized carbons (Fsp3) is 0.556. The lowest BCUT2D eigenvalue weighted by atomic mass is 10.2. The maximum Gasteiger partial charge on any atom is 0.387 e. The van der Waals surface area contributed by atoms with E-state index >= 15 is 0 Å². The van der Waals surface area contributed by atoms with E-state index in [1.807, 2.05) is 11.9 Å². The van der Waals surface area contributed by atoms with Gasteiger partial charge >= 0.3 is 6.61 Å². The molecule has 0 aromatic heterocycles. The van der Waals surface area contributed by atoms with Gasteiger partial charge in [-0.3, -0.25) is 14.5 Å². The number of halogens is 2. The summed E-state index contributed by atoms with van der Waals surface area (Å²) < 4.78 is 35.4. The molecule has 1 atom stereocenters. The quantitative estimate of drug-likeness (QED) is 0.679. The van der Waals surface area contributed by atoms with Crippen molar-refractivity contribution in [1.82, 2.24) is 4.90 Å². The predicted molar refractivity (Wildman–Crippen MR) is 98.5 cm³/mol. The van der Waals surface area contributed by atoms with Gasteiger partial charge in [0.2, 0.25) is 5.91 Å². The first kappa shape index (κ1) is 20.4. The van der Waals surface area contributed by atoms with Crippen LogP contribution in [0.2, 0.25) is 0 Å². The van der Waals surface area contributed by atoms with Crippen molar-refractivity contribution in [2.45, 2.75) is 31.5 Å². The van der Waals surface area contributed by atoms with Crippen molar-refractivity contribution in [3.8, 4) is 5.75 Å². The third-order valence-electron chi connectivity index (χ3n) is 4.86. The molecule has 0 unspecified atom stereocenters. The molecule has 28 heavy (non-hydrogen) atoms. The fourth-order valence-corrected chi connectivity index (χ4v) is 3.20. The average Bonchev–Trinajstić information content (AvgIpc) is 3.48. The Balaban J connectivity index is 1.79. The topological polar surface area (TPSA) is 97.1 Å². The van der Waals surface area contributed by atoms with Gasteiger partial charge in [0, 0.05) is 30.9 Å². The lowest BCUT2D eigenvalue weighted by Crippen LogP contribution is -2.47. The van der Waals surface area contributed by atoms with E-state index in [1.54, 1.807) is 6.07 Å². The van der Waals surface area contributed by atoms with Crippen LogP contribution in [0.15, 0.2) is 18.2 Å². The molecule has 2 fully saturated rings. The standard InChI is InChI=1S/C18H24F2N4O4/c1-23(12-3-4-12)14(9-21)17(26)22-11-2-5-13(15(8-11)28-18(19)20)24-6-7-27-10-16(24)25/h2,5,8,12,14,18H,3-4,6-7,9-10,21H2,1H3,(H,22,26)/t14-/m0/s1. The molecule has 0 spiro atoms. The highest BCUT2D eigenvalue weighted by molar-refractivity contribution is 5.98. The van der Waals surface area contributed by atoms with Crippen LogP contribution in [0, 0.1) is 0 Å². The summed E-state index contributed by atoms with van der Waals surface area (Å²) in [5, 5.41) is 2.70. The van der Waals surface area contributed by atoms with Gasteiger partial charge in [0.05, 0.1) is 12.3 Å². The van der Waals surface area contributed by atoms with Crippen LogP contribution in [-0.2, 0) is 14.3 Å². The molecular weight excluding hydrogens is 374 g/mol. The molecule has 1 aliphatic carbocycles. The number of carbonyl (C=O) groups is 2. The summed E-state index contributed by atoms with van der Waals surface area (Å²) in [6.45, 7) is -2.54. The number of hydrogen-bond acceptors (Lipinski definition) is 6. The van der Waals surface area contributed by atoms with Crippen LogP contribution in [0.1, 0.15) is 12.8 Å². The zero-order valence-corrected chi connectivity index (χ0v) is 15.6. The van der Waals surface area contributed by atoms with Crippen molar-refractivity contribution >= 4 is 23.2 Å². The smallest absolute Gasteiger partial charge is 0.387 e. The SMILES string of the molecule is CN(C1CC1)[C@@H](CN)C(=O)Nc1ccc(N2CCOCC2=O)c(OC(F)F)c1. The van der Waals surface area contributed by atoms with Crippen molar-refractivity contribution in [1.29, 1.82) is 0 Å². The van der Waals surface area contributed by atoms with Gasteiger partial charge in [0.15, 0.2) is 5.75 Å². The summed E-state index contributed by atoms with van der Waals surface area (Å²) in [5.74, 6) is -0.866. The molecule has 8 nitrogen and oxygen atoms in total. The molecule has 1 heterocycles. The summed E-state index contributed by atoms with van der Waals surface area (Å²) in [6, 6.07) is 4.11. The number of nitrogens with two attached hydrogens (primary N) is 1. The van der Waals surface area contributed by atoms with Gasteiger partial charge in [0.25, 0.3) is 5.91 Å². The average molecular weight is 398 g/mol. The number of hydrogen-bond donors (Lipinski definition) is 2. The van der Waals surface area contributed by atoms with Crippen LogP contribution in [0.5, 0.6) is 5.75 Å². The first-order valence-corrected chi connectivity index (χ1v) is 9.10. The summed E-state index contributed by atoms with van der Waals surface area (Å²) >= 11 is 0.